The Kier molecular flexibility index (Phi) is 4.27. The Bertz CT molecular complexity index is 1000. The molecule has 0 atom stereocenters. The van der Waals surface area contributed by atoms with Crippen molar-refractivity contribution in [1.29, 1.82) is 0 Å². The first kappa shape index (κ1) is 17.1. The summed E-state index contributed by atoms with van der Waals surface area (Å²) in [5, 5.41) is 4.77. The molecule has 2 aromatic heterocycles. The summed E-state index contributed by atoms with van der Waals surface area (Å²) in [6.45, 7) is 4.52. The lowest BCUT2D eigenvalue weighted by Gasteiger charge is -2.17. The predicted molar refractivity (Wildman–Crippen MR) is 98.5 cm³/mol. The number of para-hydroxylation sites is 1. The van der Waals surface area contributed by atoms with Gasteiger partial charge in [0.2, 0.25) is 0 Å². The number of ether oxygens (including phenoxy) is 1. The fourth-order valence-electron chi connectivity index (χ4n) is 3.38. The minimum absolute atomic E-state index is 0.178. The predicted octanol–water partition coefficient (Wildman–Crippen LogP) is 2.38. The number of aryl methyl sites for hydroxylation is 1. The molecule has 0 fully saturated rings. The lowest BCUT2D eigenvalue weighted by molar-refractivity contribution is -0.160. The number of aromatic nitrogens is 3. The first-order valence-electron chi connectivity index (χ1n) is 8.86. The van der Waals surface area contributed by atoms with E-state index in [0.29, 0.717) is 13.1 Å². The van der Waals surface area contributed by atoms with E-state index in [-0.39, 0.29) is 6.61 Å². The fourth-order valence-corrected chi connectivity index (χ4v) is 3.38. The average Bonchev–Trinajstić information content (AvgIpc) is 3.37. The normalized spacial score (nSPS) is 12.9. The Labute approximate surface area is 156 Å². The van der Waals surface area contributed by atoms with Crippen LogP contribution in [0.2, 0.25) is 0 Å². The summed E-state index contributed by atoms with van der Waals surface area (Å²) in [5.74, 6) is -0.573. The van der Waals surface area contributed by atoms with Crippen molar-refractivity contribution in [1.82, 2.24) is 19.2 Å². The van der Waals surface area contributed by atoms with Gasteiger partial charge in [-0.15, -0.1) is 0 Å². The minimum atomic E-state index is -0.822. The minimum Gasteiger partial charge on any atom is -0.459 e. The van der Waals surface area contributed by atoms with Gasteiger partial charge in [0.05, 0.1) is 31.1 Å². The molecule has 3 heterocycles. The molecule has 0 saturated heterocycles. The number of benzene rings is 1. The summed E-state index contributed by atoms with van der Waals surface area (Å²) in [5.41, 5.74) is 3.82. The molecule has 27 heavy (non-hydrogen) atoms. The van der Waals surface area contributed by atoms with Gasteiger partial charge in [-0.2, -0.15) is 5.10 Å². The number of carbonyl (C=O) groups excluding carboxylic acids is 2. The third kappa shape index (κ3) is 2.91. The second-order valence-corrected chi connectivity index (χ2v) is 6.42. The van der Waals surface area contributed by atoms with Crippen LogP contribution in [-0.2, 0) is 27.4 Å². The van der Waals surface area contributed by atoms with Crippen LogP contribution < -0.4 is 0 Å². The molecular weight excluding hydrogens is 344 g/mol. The smallest absolute Gasteiger partial charge is 0.397 e. The van der Waals surface area contributed by atoms with Crippen LogP contribution in [0.1, 0.15) is 23.7 Å². The van der Waals surface area contributed by atoms with Crippen molar-refractivity contribution >= 4 is 11.9 Å². The summed E-state index contributed by atoms with van der Waals surface area (Å²) in [6.07, 6.45) is 3.89. The van der Waals surface area contributed by atoms with Crippen molar-refractivity contribution < 1.29 is 14.3 Å². The first-order valence-corrected chi connectivity index (χ1v) is 8.86. The molecule has 3 aromatic rings. The van der Waals surface area contributed by atoms with Crippen molar-refractivity contribution in [2.24, 2.45) is 0 Å². The lowest BCUT2D eigenvalue weighted by Crippen LogP contribution is -2.34. The molecule has 0 aliphatic carbocycles. The van der Waals surface area contributed by atoms with E-state index >= 15 is 0 Å². The van der Waals surface area contributed by atoms with Crippen molar-refractivity contribution in [2.45, 2.75) is 26.9 Å². The van der Waals surface area contributed by atoms with E-state index in [1.165, 1.54) is 4.90 Å². The summed E-state index contributed by atoms with van der Waals surface area (Å²) in [7, 11) is 0. The standard InChI is InChI=1S/C20H20N4O3/c1-3-27-20(26)19(25)23-12-15-16(13-23)21-24(17-9-5-4-8-14(17)2)18(15)22-10-6-7-11-22/h4-11H,3,12-13H2,1-2H3. The zero-order valence-electron chi connectivity index (χ0n) is 15.3. The molecule has 0 N–H and O–H groups in total. The largest absolute Gasteiger partial charge is 0.459 e. The third-order valence-electron chi connectivity index (χ3n) is 4.66. The second-order valence-electron chi connectivity index (χ2n) is 6.42. The highest BCUT2D eigenvalue weighted by Crippen LogP contribution is 2.31. The van der Waals surface area contributed by atoms with Gasteiger partial charge in [-0.3, -0.25) is 4.79 Å². The highest BCUT2D eigenvalue weighted by Gasteiger charge is 2.34. The maximum Gasteiger partial charge on any atom is 0.397 e. The number of nitrogens with zero attached hydrogens (tertiary/aromatic N) is 4. The molecule has 0 bridgehead atoms. The van der Waals surface area contributed by atoms with Crippen LogP contribution in [0.4, 0.5) is 0 Å². The van der Waals surface area contributed by atoms with Gasteiger partial charge in [-0.05, 0) is 37.6 Å². The zero-order valence-corrected chi connectivity index (χ0v) is 15.3. The number of hydrogen-bond donors (Lipinski definition) is 0. The van der Waals surface area contributed by atoms with E-state index in [1.807, 2.05) is 65.0 Å². The van der Waals surface area contributed by atoms with Crippen LogP contribution >= 0.6 is 0 Å². The van der Waals surface area contributed by atoms with E-state index < -0.39 is 11.9 Å². The number of hydrogen-bond acceptors (Lipinski definition) is 4. The Morgan fingerprint density at radius 3 is 2.56 bits per heavy atom. The topological polar surface area (TPSA) is 69.4 Å². The first-order chi connectivity index (χ1) is 13.1. The molecular formula is C20H20N4O3. The number of rotatable bonds is 3. The van der Waals surface area contributed by atoms with Crippen LogP contribution in [-0.4, -0.2) is 37.7 Å². The van der Waals surface area contributed by atoms with Gasteiger partial charge in [0.25, 0.3) is 0 Å². The maximum absolute atomic E-state index is 12.3. The van der Waals surface area contributed by atoms with Crippen LogP contribution in [0.25, 0.3) is 11.5 Å². The molecule has 138 valence electrons. The zero-order chi connectivity index (χ0) is 19.0. The van der Waals surface area contributed by atoms with Crippen molar-refractivity contribution in [3.63, 3.8) is 0 Å². The molecule has 1 aliphatic heterocycles. The summed E-state index contributed by atoms with van der Waals surface area (Å²) < 4.78 is 8.73. The fraction of sp³-hybridized carbons (Fsp3) is 0.250. The van der Waals surface area contributed by atoms with E-state index in [0.717, 1.165) is 28.3 Å². The van der Waals surface area contributed by atoms with Crippen LogP contribution in [0, 0.1) is 6.92 Å². The van der Waals surface area contributed by atoms with E-state index in [2.05, 4.69) is 0 Å². The molecule has 1 aromatic carbocycles. The average molecular weight is 364 g/mol. The van der Waals surface area contributed by atoms with E-state index in [9.17, 15) is 9.59 Å². The molecule has 1 amide bonds. The Hall–Kier alpha value is -3.35. The summed E-state index contributed by atoms with van der Waals surface area (Å²) in [6, 6.07) is 11.9. The van der Waals surface area contributed by atoms with Crippen molar-refractivity contribution in [2.75, 3.05) is 6.61 Å². The highest BCUT2D eigenvalue weighted by atomic mass is 16.5. The molecule has 0 spiro atoms. The molecule has 7 heteroatoms. The molecule has 4 rings (SSSR count). The quantitative estimate of drug-likeness (QED) is 0.529. The monoisotopic (exact) mass is 364 g/mol. The van der Waals surface area contributed by atoms with Crippen molar-refractivity contribution in [3.8, 4) is 11.5 Å². The molecule has 7 nitrogen and oxygen atoms in total. The number of esters is 1. The van der Waals surface area contributed by atoms with Gasteiger partial charge in [-0.1, -0.05) is 18.2 Å². The highest BCUT2D eigenvalue weighted by molar-refractivity contribution is 6.32. The summed E-state index contributed by atoms with van der Waals surface area (Å²) >= 11 is 0. The Morgan fingerprint density at radius 2 is 1.85 bits per heavy atom. The maximum atomic E-state index is 12.3. The van der Waals surface area contributed by atoms with E-state index in [1.54, 1.807) is 6.92 Å². The SMILES string of the molecule is CCOC(=O)C(=O)N1Cc2nn(-c3ccccc3C)c(-n3cccc3)c2C1. The third-order valence-corrected chi connectivity index (χ3v) is 4.66. The second kappa shape index (κ2) is 6.75. The number of carbonyl (C=O) groups is 2. The summed E-state index contributed by atoms with van der Waals surface area (Å²) in [4.78, 5) is 25.6. The molecule has 0 radical (unpaired) electrons. The van der Waals surface area contributed by atoms with Crippen LogP contribution in [0.3, 0.4) is 0 Å². The van der Waals surface area contributed by atoms with Crippen molar-refractivity contribution in [3.05, 3.63) is 65.6 Å². The lowest BCUT2D eigenvalue weighted by atomic mass is 10.2. The Balaban J connectivity index is 1.76. The van der Waals surface area contributed by atoms with E-state index in [4.69, 9.17) is 9.84 Å². The molecule has 0 saturated carbocycles. The van der Waals surface area contributed by atoms with Gasteiger partial charge >= 0.3 is 11.9 Å². The molecule has 0 unspecified atom stereocenters. The molecule has 1 aliphatic rings. The van der Waals surface area contributed by atoms with Gasteiger partial charge < -0.3 is 14.2 Å². The van der Waals surface area contributed by atoms with Gasteiger partial charge in [0, 0.05) is 18.0 Å². The van der Waals surface area contributed by atoms with Crippen LogP contribution in [0.5, 0.6) is 0 Å². The Morgan fingerprint density at radius 1 is 1.11 bits per heavy atom. The number of fused-ring (bicyclic) bond motifs is 1. The van der Waals surface area contributed by atoms with Crippen LogP contribution in [0.15, 0.2) is 48.8 Å². The van der Waals surface area contributed by atoms with Gasteiger partial charge in [0.1, 0.15) is 5.82 Å². The van der Waals surface area contributed by atoms with Gasteiger partial charge in [0.15, 0.2) is 0 Å². The van der Waals surface area contributed by atoms with Gasteiger partial charge in [-0.25, -0.2) is 9.48 Å². The number of amides is 1.